The molecule has 0 bridgehead atoms. The van der Waals surface area contributed by atoms with E-state index in [9.17, 15) is 9.59 Å². The monoisotopic (exact) mass is 411 g/mol. The smallest absolute Gasteiger partial charge is 0.260 e. The zero-order valence-electron chi connectivity index (χ0n) is 16.2. The van der Waals surface area contributed by atoms with E-state index in [4.69, 9.17) is 15.2 Å². The highest BCUT2D eigenvalue weighted by Crippen LogP contribution is 2.25. The number of amides is 2. The maximum absolute atomic E-state index is 12.4. The molecule has 0 spiro atoms. The number of carbonyl (C=O) groups excluding carboxylic acids is 2. The number of anilines is 1. The van der Waals surface area contributed by atoms with Crippen LogP contribution in [-0.4, -0.2) is 62.2 Å². The van der Waals surface area contributed by atoms with Gasteiger partial charge in [0.15, 0.2) is 6.61 Å². The van der Waals surface area contributed by atoms with Crippen molar-refractivity contribution in [2.24, 2.45) is 5.73 Å². The van der Waals surface area contributed by atoms with Gasteiger partial charge in [0.25, 0.3) is 5.91 Å². The van der Waals surface area contributed by atoms with Crippen molar-refractivity contribution in [1.82, 2.24) is 4.90 Å². The third-order valence-corrected chi connectivity index (χ3v) is 5.06. The average molecular weight is 412 g/mol. The van der Waals surface area contributed by atoms with Gasteiger partial charge in [0.2, 0.25) is 5.91 Å². The number of hydrogen-bond donors (Lipinski definition) is 1. The van der Waals surface area contributed by atoms with Gasteiger partial charge in [0.1, 0.15) is 5.75 Å². The van der Waals surface area contributed by atoms with Crippen molar-refractivity contribution in [1.29, 1.82) is 0 Å². The Labute approximate surface area is 172 Å². The highest BCUT2D eigenvalue weighted by molar-refractivity contribution is 5.95. The predicted octanol–water partition coefficient (Wildman–Crippen LogP) is 1.97. The molecular formula is C20H30ClN3O4. The van der Waals surface area contributed by atoms with Crippen LogP contribution in [0.2, 0.25) is 0 Å². The Kier molecular flexibility index (Phi) is 9.02. The fraction of sp³-hybridized carbons (Fsp3) is 0.600. The van der Waals surface area contributed by atoms with E-state index in [0.29, 0.717) is 38.4 Å². The van der Waals surface area contributed by atoms with Gasteiger partial charge in [-0.1, -0.05) is 6.07 Å². The van der Waals surface area contributed by atoms with E-state index in [-0.39, 0.29) is 36.9 Å². The molecule has 1 aromatic rings. The molecule has 0 unspecified atom stereocenters. The molecule has 0 atom stereocenters. The summed E-state index contributed by atoms with van der Waals surface area (Å²) in [5.74, 6) is 0.735. The van der Waals surface area contributed by atoms with Gasteiger partial charge in [-0.25, -0.2) is 0 Å². The first kappa shape index (κ1) is 22.5. The van der Waals surface area contributed by atoms with Crippen LogP contribution in [0.3, 0.4) is 0 Å². The maximum atomic E-state index is 12.4. The predicted molar refractivity (Wildman–Crippen MR) is 110 cm³/mol. The number of rotatable bonds is 8. The molecule has 7 nitrogen and oxygen atoms in total. The molecule has 0 radical (unpaired) electrons. The van der Waals surface area contributed by atoms with Gasteiger partial charge < -0.3 is 25.0 Å². The van der Waals surface area contributed by atoms with Crippen molar-refractivity contribution in [3.8, 4) is 5.75 Å². The Bertz CT molecular complexity index is 650. The van der Waals surface area contributed by atoms with Crippen LogP contribution >= 0.6 is 12.4 Å². The topological polar surface area (TPSA) is 85.1 Å². The number of carbonyl (C=O) groups is 2. The number of hydrogen-bond acceptors (Lipinski definition) is 5. The van der Waals surface area contributed by atoms with Crippen molar-refractivity contribution in [3.05, 3.63) is 24.3 Å². The van der Waals surface area contributed by atoms with Crippen molar-refractivity contribution >= 4 is 29.9 Å². The summed E-state index contributed by atoms with van der Waals surface area (Å²) in [7, 11) is 0. The first-order valence-electron chi connectivity index (χ1n) is 9.80. The molecule has 2 fully saturated rings. The van der Waals surface area contributed by atoms with E-state index in [0.717, 1.165) is 37.9 Å². The summed E-state index contributed by atoms with van der Waals surface area (Å²) in [4.78, 5) is 27.9. The molecule has 2 aliphatic heterocycles. The Balaban J connectivity index is 0.00000280. The zero-order valence-corrected chi connectivity index (χ0v) is 17.0. The highest BCUT2D eigenvalue weighted by atomic mass is 35.5. The van der Waals surface area contributed by atoms with E-state index in [1.54, 1.807) is 4.90 Å². The molecule has 3 rings (SSSR count). The first-order valence-corrected chi connectivity index (χ1v) is 9.80. The van der Waals surface area contributed by atoms with Crippen molar-refractivity contribution < 1.29 is 19.1 Å². The number of ether oxygens (including phenoxy) is 2. The standard InChI is InChI=1S/C20H29N3O4.ClH/c21-9-3-13-26-17-7-11-22(12-8-17)20(25)15-27-18-5-1-4-16(14-18)23-10-2-6-19(23)24;/h1,4-5,14,17H,2-3,6-13,15,21H2;1H. The second-order valence-corrected chi connectivity index (χ2v) is 7.03. The highest BCUT2D eigenvalue weighted by Gasteiger charge is 2.24. The second kappa shape index (κ2) is 11.2. The number of nitrogens with two attached hydrogens (primary N) is 1. The number of halogens is 1. The first-order chi connectivity index (χ1) is 13.2. The summed E-state index contributed by atoms with van der Waals surface area (Å²) in [6.45, 7) is 3.46. The minimum atomic E-state index is -0.0157. The summed E-state index contributed by atoms with van der Waals surface area (Å²) in [6, 6.07) is 7.39. The lowest BCUT2D eigenvalue weighted by Gasteiger charge is -2.32. The lowest BCUT2D eigenvalue weighted by molar-refractivity contribution is -0.136. The molecule has 0 aliphatic carbocycles. The van der Waals surface area contributed by atoms with Gasteiger partial charge >= 0.3 is 0 Å². The molecule has 2 aliphatic rings. The third kappa shape index (κ3) is 6.09. The van der Waals surface area contributed by atoms with Gasteiger partial charge in [-0.2, -0.15) is 0 Å². The second-order valence-electron chi connectivity index (χ2n) is 7.03. The van der Waals surface area contributed by atoms with Gasteiger partial charge in [-0.3, -0.25) is 9.59 Å². The fourth-order valence-corrected chi connectivity index (χ4v) is 3.50. The summed E-state index contributed by atoms with van der Waals surface area (Å²) in [5, 5.41) is 0. The van der Waals surface area contributed by atoms with Crippen LogP contribution < -0.4 is 15.4 Å². The van der Waals surface area contributed by atoms with Crippen LogP contribution in [0.4, 0.5) is 5.69 Å². The number of benzene rings is 1. The molecule has 2 heterocycles. The SMILES string of the molecule is Cl.NCCCOC1CCN(C(=O)COc2cccc(N3CCCC3=O)c2)CC1. The summed E-state index contributed by atoms with van der Waals surface area (Å²) >= 11 is 0. The van der Waals surface area contributed by atoms with Crippen LogP contribution in [-0.2, 0) is 14.3 Å². The summed E-state index contributed by atoms with van der Waals surface area (Å²) < 4.78 is 11.5. The third-order valence-electron chi connectivity index (χ3n) is 5.06. The van der Waals surface area contributed by atoms with Crippen LogP contribution in [0.25, 0.3) is 0 Å². The Morgan fingerprint density at radius 2 is 2.00 bits per heavy atom. The van der Waals surface area contributed by atoms with Crippen molar-refractivity contribution in [2.45, 2.75) is 38.2 Å². The van der Waals surface area contributed by atoms with E-state index in [1.165, 1.54) is 0 Å². The van der Waals surface area contributed by atoms with Gasteiger partial charge in [-0.15, -0.1) is 12.4 Å². The Morgan fingerprint density at radius 3 is 2.68 bits per heavy atom. The van der Waals surface area contributed by atoms with Crippen LogP contribution in [0, 0.1) is 0 Å². The molecular weight excluding hydrogens is 382 g/mol. The van der Waals surface area contributed by atoms with Crippen LogP contribution in [0.5, 0.6) is 5.75 Å². The molecule has 156 valence electrons. The lowest BCUT2D eigenvalue weighted by Crippen LogP contribution is -2.43. The quantitative estimate of drug-likeness (QED) is 0.661. The normalized spacial score (nSPS) is 17.5. The lowest BCUT2D eigenvalue weighted by atomic mass is 10.1. The van der Waals surface area contributed by atoms with Gasteiger partial charge in [0, 0.05) is 44.4 Å². The van der Waals surface area contributed by atoms with Gasteiger partial charge in [0.05, 0.1) is 6.10 Å². The zero-order chi connectivity index (χ0) is 19.1. The average Bonchev–Trinajstić information content (AvgIpc) is 3.13. The molecule has 2 amide bonds. The van der Waals surface area contributed by atoms with Gasteiger partial charge in [-0.05, 0) is 44.4 Å². The van der Waals surface area contributed by atoms with Crippen LogP contribution in [0.1, 0.15) is 32.1 Å². The molecule has 8 heteroatoms. The minimum Gasteiger partial charge on any atom is -0.484 e. The molecule has 0 saturated carbocycles. The summed E-state index contributed by atoms with van der Waals surface area (Å²) in [6.07, 6.45) is 4.26. The van der Waals surface area contributed by atoms with Crippen molar-refractivity contribution in [2.75, 3.05) is 44.3 Å². The van der Waals surface area contributed by atoms with Crippen LogP contribution in [0.15, 0.2) is 24.3 Å². The molecule has 2 saturated heterocycles. The fourth-order valence-electron chi connectivity index (χ4n) is 3.50. The van der Waals surface area contributed by atoms with Crippen molar-refractivity contribution in [3.63, 3.8) is 0 Å². The Morgan fingerprint density at radius 1 is 1.21 bits per heavy atom. The van der Waals surface area contributed by atoms with E-state index >= 15 is 0 Å². The molecule has 2 N–H and O–H groups in total. The number of likely N-dealkylation sites (tertiary alicyclic amines) is 1. The summed E-state index contributed by atoms with van der Waals surface area (Å²) in [5.41, 5.74) is 6.30. The van der Waals surface area contributed by atoms with E-state index in [1.807, 2.05) is 29.2 Å². The van der Waals surface area contributed by atoms with E-state index < -0.39 is 0 Å². The number of nitrogens with zero attached hydrogens (tertiary/aromatic N) is 2. The maximum Gasteiger partial charge on any atom is 0.260 e. The molecule has 28 heavy (non-hydrogen) atoms. The number of piperidine rings is 1. The Hall–Kier alpha value is -1.83. The molecule has 1 aromatic carbocycles. The largest absolute Gasteiger partial charge is 0.484 e. The molecule has 0 aromatic heterocycles. The van der Waals surface area contributed by atoms with E-state index in [2.05, 4.69) is 0 Å². The minimum absolute atomic E-state index is 0.